The fraction of sp³-hybridized carbons (Fsp3) is 0.500. The van der Waals surface area contributed by atoms with E-state index in [2.05, 4.69) is 5.32 Å². The van der Waals surface area contributed by atoms with Gasteiger partial charge in [0, 0.05) is 42.0 Å². The van der Waals surface area contributed by atoms with E-state index in [1.165, 1.54) is 25.3 Å². The number of rotatable bonds is 8. The number of fused-ring (bicyclic) bond motifs is 3. The number of epoxide rings is 1. The first-order chi connectivity index (χ1) is 20.9. The number of ether oxygens (including phenoxy) is 4. The summed E-state index contributed by atoms with van der Waals surface area (Å²) in [5.41, 5.74) is -3.75. The number of nitrogens with one attached hydrogen (secondary N) is 1. The van der Waals surface area contributed by atoms with E-state index in [0.29, 0.717) is 0 Å². The van der Waals surface area contributed by atoms with E-state index in [-0.39, 0.29) is 41.0 Å². The third kappa shape index (κ3) is 4.78. The zero-order valence-electron chi connectivity index (χ0n) is 23.9. The second kappa shape index (κ2) is 11.2. The lowest BCUT2D eigenvalue weighted by atomic mass is 9.72. The topological polar surface area (TPSA) is 225 Å². The maximum atomic E-state index is 13.8. The number of benzene rings is 2. The Bertz CT molecular complexity index is 1540. The van der Waals surface area contributed by atoms with Crippen LogP contribution in [0.1, 0.15) is 68.8 Å². The number of phenols is 2. The SMILES string of the molecule is COc1cccc2c1C(=O)c1c(O)c3c(c(O)c1C2=O)C[C@@](O)(C(=O)CO)C[C@@H]3OC1CC(NC2OC2CO)C(O)C(C)O1. The van der Waals surface area contributed by atoms with Crippen LogP contribution in [0, 0.1) is 0 Å². The summed E-state index contributed by atoms with van der Waals surface area (Å²) in [6.07, 6.45) is -6.23. The molecule has 2 aliphatic carbocycles. The van der Waals surface area contributed by atoms with Crippen molar-refractivity contribution in [2.45, 2.75) is 74.8 Å². The lowest BCUT2D eigenvalue weighted by Crippen LogP contribution is -2.55. The molecule has 0 amide bonds. The molecule has 8 atom stereocenters. The van der Waals surface area contributed by atoms with Gasteiger partial charge in [0.25, 0.3) is 0 Å². The van der Waals surface area contributed by atoms with Crippen molar-refractivity contribution in [2.75, 3.05) is 20.3 Å². The van der Waals surface area contributed by atoms with Gasteiger partial charge in [-0.3, -0.25) is 19.7 Å². The van der Waals surface area contributed by atoms with Crippen molar-refractivity contribution in [3.8, 4) is 17.2 Å². The lowest BCUT2D eigenvalue weighted by Gasteiger charge is -2.43. The smallest absolute Gasteiger partial charge is 0.202 e. The third-order valence-electron chi connectivity index (χ3n) is 8.90. The van der Waals surface area contributed by atoms with Crippen molar-refractivity contribution in [3.63, 3.8) is 0 Å². The Kier molecular flexibility index (Phi) is 7.75. The number of methoxy groups -OCH3 is 1. The Labute approximate surface area is 250 Å². The van der Waals surface area contributed by atoms with Gasteiger partial charge < -0.3 is 49.6 Å². The van der Waals surface area contributed by atoms with Crippen LogP contribution in [0.5, 0.6) is 17.2 Å². The highest BCUT2D eigenvalue weighted by atomic mass is 16.7. The molecule has 0 saturated carbocycles. The molecule has 236 valence electrons. The second-order valence-corrected chi connectivity index (χ2v) is 11.5. The van der Waals surface area contributed by atoms with Crippen molar-refractivity contribution in [1.82, 2.24) is 5.32 Å². The summed E-state index contributed by atoms with van der Waals surface area (Å²) in [4.78, 5) is 40.2. The monoisotopic (exact) mass is 615 g/mol. The maximum Gasteiger partial charge on any atom is 0.202 e. The van der Waals surface area contributed by atoms with Crippen LogP contribution in [0.2, 0.25) is 0 Å². The van der Waals surface area contributed by atoms with Crippen LogP contribution in [0.3, 0.4) is 0 Å². The summed E-state index contributed by atoms with van der Waals surface area (Å²) in [6.45, 7) is 0.345. The molecule has 0 spiro atoms. The summed E-state index contributed by atoms with van der Waals surface area (Å²) in [7, 11) is 1.32. The molecule has 7 N–H and O–H groups in total. The number of carbonyl (C=O) groups excluding carboxylic acids is 3. The predicted octanol–water partition coefficient (Wildman–Crippen LogP) is -0.651. The zero-order valence-corrected chi connectivity index (χ0v) is 23.9. The molecule has 14 nitrogen and oxygen atoms in total. The molecule has 2 fully saturated rings. The van der Waals surface area contributed by atoms with E-state index in [1.807, 2.05) is 0 Å². The van der Waals surface area contributed by atoms with Crippen LogP contribution < -0.4 is 10.1 Å². The van der Waals surface area contributed by atoms with Crippen LogP contribution in [0.15, 0.2) is 18.2 Å². The first-order valence-electron chi connectivity index (χ1n) is 14.2. The molecule has 4 aliphatic rings. The van der Waals surface area contributed by atoms with Gasteiger partial charge in [-0.25, -0.2) is 0 Å². The first kappa shape index (κ1) is 30.6. The van der Waals surface area contributed by atoms with Crippen LogP contribution >= 0.6 is 0 Å². The highest BCUT2D eigenvalue weighted by molar-refractivity contribution is 6.31. The Hall–Kier alpha value is -3.47. The van der Waals surface area contributed by atoms with Crippen molar-refractivity contribution >= 4 is 17.3 Å². The van der Waals surface area contributed by atoms with Crippen molar-refractivity contribution in [2.24, 2.45) is 0 Å². The molecule has 2 saturated heterocycles. The van der Waals surface area contributed by atoms with Gasteiger partial charge in [-0.1, -0.05) is 12.1 Å². The van der Waals surface area contributed by atoms with Gasteiger partial charge in [0.15, 0.2) is 17.9 Å². The molecule has 14 heteroatoms. The summed E-state index contributed by atoms with van der Waals surface area (Å²) >= 11 is 0. The molecular formula is C30H33NO13. The standard InChI is InChI=1S/C30H33NO13/c1-11-24(35)14(31-29-17(9-32)44-29)6-19(42-11)43-16-8-30(40,18(34)10-33)7-13-21(16)28(39)23-22(26(13)37)25(36)12-4-3-5-15(41-2)20(12)27(23)38/h3-5,11,14,16-17,19,24,29,31-33,35,37,39-40H,6-10H2,1-2H3/t11?,14?,16-,17?,19?,24?,29?,30-/m0/s1. The number of hydrogen-bond donors (Lipinski definition) is 7. The number of aliphatic hydroxyl groups excluding tert-OH is 3. The molecule has 2 aromatic rings. The number of ketones is 3. The fourth-order valence-electron chi connectivity index (χ4n) is 6.52. The van der Waals surface area contributed by atoms with E-state index in [0.717, 1.165) is 0 Å². The highest BCUT2D eigenvalue weighted by Gasteiger charge is 2.51. The van der Waals surface area contributed by atoms with Gasteiger partial charge in [-0.2, -0.15) is 0 Å². The Balaban J connectivity index is 1.43. The number of aromatic hydroxyl groups is 2. The summed E-state index contributed by atoms with van der Waals surface area (Å²) in [5.74, 6) is -3.86. The Morgan fingerprint density at radius 3 is 2.48 bits per heavy atom. The minimum Gasteiger partial charge on any atom is -0.507 e. The average Bonchev–Trinajstić information content (AvgIpc) is 3.76. The van der Waals surface area contributed by atoms with Crippen molar-refractivity contribution in [3.05, 3.63) is 51.6 Å². The molecule has 44 heavy (non-hydrogen) atoms. The van der Waals surface area contributed by atoms with Crippen LogP contribution in [-0.4, -0.2) is 111 Å². The minimum absolute atomic E-state index is 0.0292. The summed E-state index contributed by atoms with van der Waals surface area (Å²) < 4.78 is 22.7. The van der Waals surface area contributed by atoms with E-state index < -0.39 is 108 Å². The number of phenolic OH excluding ortho intramolecular Hbond substituents is 2. The molecule has 0 bridgehead atoms. The zero-order chi connectivity index (χ0) is 31.7. The van der Waals surface area contributed by atoms with E-state index >= 15 is 0 Å². The van der Waals surface area contributed by atoms with Crippen LogP contribution in [0.4, 0.5) is 0 Å². The lowest BCUT2D eigenvalue weighted by molar-refractivity contribution is -0.250. The molecular weight excluding hydrogens is 582 g/mol. The fourth-order valence-corrected chi connectivity index (χ4v) is 6.52. The Morgan fingerprint density at radius 2 is 1.82 bits per heavy atom. The number of aliphatic hydroxyl groups is 4. The maximum absolute atomic E-state index is 13.8. The van der Waals surface area contributed by atoms with Crippen LogP contribution in [-0.2, 0) is 25.4 Å². The number of hydrogen-bond acceptors (Lipinski definition) is 14. The van der Waals surface area contributed by atoms with E-state index in [9.17, 15) is 45.0 Å². The molecule has 6 rings (SSSR count). The second-order valence-electron chi connectivity index (χ2n) is 11.5. The van der Waals surface area contributed by atoms with Gasteiger partial charge in [0.05, 0.1) is 48.7 Å². The van der Waals surface area contributed by atoms with Gasteiger partial charge in [-0.05, 0) is 13.0 Å². The molecule has 0 radical (unpaired) electrons. The molecule has 2 heterocycles. The summed E-state index contributed by atoms with van der Waals surface area (Å²) in [5, 5.41) is 67.2. The summed E-state index contributed by atoms with van der Waals surface area (Å²) in [6, 6.07) is 3.73. The van der Waals surface area contributed by atoms with Crippen LogP contribution in [0.25, 0.3) is 0 Å². The van der Waals surface area contributed by atoms with E-state index in [1.54, 1.807) is 6.92 Å². The molecule has 6 unspecified atom stereocenters. The van der Waals surface area contributed by atoms with Gasteiger partial charge in [0.2, 0.25) is 5.78 Å². The van der Waals surface area contributed by atoms with Crippen molar-refractivity contribution < 1.29 is 64.0 Å². The minimum atomic E-state index is -2.28. The quantitative estimate of drug-likeness (QED) is 0.124. The molecule has 2 aromatic carbocycles. The highest BCUT2D eigenvalue weighted by Crippen LogP contribution is 2.52. The van der Waals surface area contributed by atoms with Gasteiger partial charge in [0.1, 0.15) is 41.8 Å². The van der Waals surface area contributed by atoms with Gasteiger partial charge in [-0.15, -0.1) is 0 Å². The molecule has 2 aliphatic heterocycles. The predicted molar refractivity (Wildman–Crippen MR) is 146 cm³/mol. The van der Waals surface area contributed by atoms with Gasteiger partial charge >= 0.3 is 0 Å². The average molecular weight is 616 g/mol. The number of Topliss-reactive ketones (excluding diaryl/α,β-unsaturated/α-hetero) is 1. The molecule has 0 aromatic heterocycles. The first-order valence-corrected chi connectivity index (χ1v) is 14.2. The number of carbonyl (C=O) groups is 3. The van der Waals surface area contributed by atoms with Crippen molar-refractivity contribution in [1.29, 1.82) is 0 Å². The normalized spacial score (nSPS) is 32.5. The third-order valence-corrected chi connectivity index (χ3v) is 8.90. The Morgan fingerprint density at radius 1 is 1.09 bits per heavy atom. The van der Waals surface area contributed by atoms with E-state index in [4.69, 9.17) is 18.9 Å². The largest absolute Gasteiger partial charge is 0.507 e.